The van der Waals surface area contributed by atoms with E-state index in [1.54, 1.807) is 24.8 Å². The number of hydrogen-bond acceptors (Lipinski definition) is 6. The second kappa shape index (κ2) is 12.3. The molecule has 2 N–H and O–H groups in total. The van der Waals surface area contributed by atoms with Crippen LogP contribution in [0.25, 0.3) is 22.4 Å². The Morgan fingerprint density at radius 1 is 1.15 bits per heavy atom. The normalized spacial score (nSPS) is 15.3. The Morgan fingerprint density at radius 3 is 2.70 bits per heavy atom. The van der Waals surface area contributed by atoms with Crippen LogP contribution in [0.2, 0.25) is 0 Å². The molecule has 0 radical (unpaired) electrons. The molecule has 0 spiro atoms. The lowest BCUT2D eigenvalue weighted by atomic mass is 10.0. The van der Waals surface area contributed by atoms with Gasteiger partial charge in [-0.2, -0.15) is 0 Å². The number of hydrogen-bond donors (Lipinski definition) is 2. The number of fused-ring (bicyclic) bond motifs is 1. The molecule has 4 heterocycles. The topological polar surface area (TPSA) is 75.1 Å². The van der Waals surface area contributed by atoms with Crippen LogP contribution in [0.15, 0.2) is 90.8 Å². The van der Waals surface area contributed by atoms with Crippen LogP contribution in [0.4, 0.5) is 10.1 Å². The van der Waals surface area contributed by atoms with E-state index < -0.39 is 5.82 Å². The van der Waals surface area contributed by atoms with Gasteiger partial charge in [-0.3, -0.25) is 15.0 Å². The van der Waals surface area contributed by atoms with Gasteiger partial charge in [-0.05, 0) is 68.0 Å². The maximum absolute atomic E-state index is 15.9. The van der Waals surface area contributed by atoms with Gasteiger partial charge in [0, 0.05) is 36.3 Å². The summed E-state index contributed by atoms with van der Waals surface area (Å²) in [5.41, 5.74) is 6.64. The van der Waals surface area contributed by atoms with Crippen molar-refractivity contribution in [2.45, 2.75) is 39.5 Å². The van der Waals surface area contributed by atoms with Crippen molar-refractivity contribution < 1.29 is 4.39 Å². The standard InChI is InChI=1S/C33H35FN6/c1-5-23(15-36-16-24-10-7-8-11-24)14-25(6-2)33-31(34)30-29(20-38-33)40-32(30)22(4)39-28-19-37-18-27(21(28)3)26-12-9-13-35-17-26/h5-6,9,12-14,17-20,24,36,39H,1,4,7-8,10-11,15-16H2,2-3H3/b23-14+,25-6+. The van der Waals surface area contributed by atoms with E-state index in [1.807, 2.05) is 50.4 Å². The maximum atomic E-state index is 15.9. The predicted molar refractivity (Wildman–Crippen MR) is 160 cm³/mol. The van der Waals surface area contributed by atoms with Crippen molar-refractivity contribution in [2.75, 3.05) is 18.4 Å². The molecule has 0 atom stereocenters. The van der Waals surface area contributed by atoms with Gasteiger partial charge in [0.1, 0.15) is 5.69 Å². The zero-order valence-electron chi connectivity index (χ0n) is 23.2. The molecule has 40 heavy (non-hydrogen) atoms. The minimum Gasteiger partial charge on any atom is -0.353 e. The van der Waals surface area contributed by atoms with E-state index in [-0.39, 0.29) is 5.69 Å². The molecule has 3 aromatic rings. The summed E-state index contributed by atoms with van der Waals surface area (Å²) in [5.74, 6) is 0.340. The van der Waals surface area contributed by atoms with Gasteiger partial charge >= 0.3 is 0 Å². The van der Waals surface area contributed by atoms with Crippen LogP contribution in [-0.2, 0) is 0 Å². The number of nitrogens with zero attached hydrogens (tertiary/aromatic N) is 4. The van der Waals surface area contributed by atoms with E-state index in [0.717, 1.165) is 40.4 Å². The lowest BCUT2D eigenvalue weighted by molar-refractivity contribution is 0.503. The first kappa shape index (κ1) is 27.3. The fourth-order valence-electron chi connectivity index (χ4n) is 5.32. The van der Waals surface area contributed by atoms with Crippen LogP contribution in [0, 0.1) is 18.7 Å². The van der Waals surface area contributed by atoms with Gasteiger partial charge < -0.3 is 10.6 Å². The van der Waals surface area contributed by atoms with E-state index in [1.165, 1.54) is 25.7 Å². The van der Waals surface area contributed by atoms with Gasteiger partial charge in [0.15, 0.2) is 5.82 Å². The van der Waals surface area contributed by atoms with Crippen LogP contribution < -0.4 is 21.2 Å². The zero-order chi connectivity index (χ0) is 28.1. The van der Waals surface area contributed by atoms with Crippen molar-refractivity contribution in [3.05, 3.63) is 113 Å². The largest absolute Gasteiger partial charge is 0.353 e. The van der Waals surface area contributed by atoms with Gasteiger partial charge in [-0.15, -0.1) is 0 Å². The highest BCUT2D eigenvalue weighted by Gasteiger charge is 2.21. The number of pyridine rings is 3. The van der Waals surface area contributed by atoms with Crippen molar-refractivity contribution in [3.8, 4) is 11.1 Å². The van der Waals surface area contributed by atoms with Crippen molar-refractivity contribution >= 4 is 17.0 Å². The molecular weight excluding hydrogens is 499 g/mol. The average Bonchev–Trinajstić information content (AvgIpc) is 3.47. The molecule has 204 valence electrons. The second-order valence-corrected chi connectivity index (χ2v) is 10.3. The van der Waals surface area contributed by atoms with Gasteiger partial charge in [0.25, 0.3) is 0 Å². The van der Waals surface area contributed by atoms with Gasteiger partial charge in [-0.1, -0.05) is 44.2 Å². The highest BCUT2D eigenvalue weighted by Crippen LogP contribution is 2.29. The molecule has 2 aliphatic rings. The van der Waals surface area contributed by atoms with Crippen LogP contribution in [0.5, 0.6) is 0 Å². The number of nitrogens with one attached hydrogen (secondary N) is 2. The SMILES string of the molecule is C=C/C(=C\C(=C/C)c1ncc2c(c1F)=C(C(=C)Nc1cncc(-c3cccnc3)c1C)N=2)CNCC1CCCC1. The Hall–Kier alpha value is -4.23. The Kier molecular flexibility index (Phi) is 8.41. The Bertz CT molecular complexity index is 1610. The highest BCUT2D eigenvalue weighted by molar-refractivity contribution is 5.78. The molecule has 0 saturated heterocycles. The molecular formula is C33H35FN6. The van der Waals surface area contributed by atoms with Crippen LogP contribution in [0.3, 0.4) is 0 Å². The number of allylic oxidation sites excluding steroid dienone is 3. The molecule has 0 aromatic carbocycles. The van der Waals surface area contributed by atoms with Gasteiger partial charge in [0.05, 0.1) is 40.1 Å². The molecule has 1 aliphatic carbocycles. The summed E-state index contributed by atoms with van der Waals surface area (Å²) >= 11 is 0. The Morgan fingerprint density at radius 2 is 1.98 bits per heavy atom. The second-order valence-electron chi connectivity index (χ2n) is 10.3. The van der Waals surface area contributed by atoms with E-state index in [2.05, 4.69) is 43.7 Å². The predicted octanol–water partition coefficient (Wildman–Crippen LogP) is 5.65. The van der Waals surface area contributed by atoms with E-state index in [9.17, 15) is 0 Å². The van der Waals surface area contributed by atoms with Gasteiger partial charge in [-0.25, -0.2) is 9.38 Å². The Labute approximate surface area is 234 Å². The fourth-order valence-corrected chi connectivity index (χ4v) is 5.32. The lowest BCUT2D eigenvalue weighted by Gasteiger charge is -2.18. The molecule has 6 nitrogen and oxygen atoms in total. The molecule has 5 rings (SSSR count). The van der Waals surface area contributed by atoms with Crippen molar-refractivity contribution in [1.82, 2.24) is 20.3 Å². The number of aromatic nitrogens is 3. The number of rotatable bonds is 11. The van der Waals surface area contributed by atoms with E-state index in [0.29, 0.717) is 34.1 Å². The molecule has 0 unspecified atom stereocenters. The van der Waals surface area contributed by atoms with Gasteiger partial charge in [0.2, 0.25) is 0 Å². The van der Waals surface area contributed by atoms with Crippen LogP contribution >= 0.6 is 0 Å². The summed E-state index contributed by atoms with van der Waals surface area (Å²) in [6.45, 7) is 13.7. The molecule has 7 heteroatoms. The van der Waals surface area contributed by atoms with E-state index >= 15 is 4.39 Å². The summed E-state index contributed by atoms with van der Waals surface area (Å²) in [5, 5.41) is 7.77. The minimum atomic E-state index is -0.406. The first-order chi connectivity index (χ1) is 19.5. The monoisotopic (exact) mass is 534 g/mol. The molecule has 1 fully saturated rings. The quantitative estimate of drug-likeness (QED) is 0.311. The average molecular weight is 535 g/mol. The summed E-state index contributed by atoms with van der Waals surface area (Å²) in [6.07, 6.45) is 19.6. The fraction of sp³-hybridized carbons (Fsp3) is 0.273. The third-order valence-electron chi connectivity index (χ3n) is 7.65. The lowest BCUT2D eigenvalue weighted by Crippen LogP contribution is -2.40. The first-order valence-electron chi connectivity index (χ1n) is 13.8. The summed E-state index contributed by atoms with van der Waals surface area (Å²) in [4.78, 5) is 17.5. The third kappa shape index (κ3) is 5.70. The van der Waals surface area contributed by atoms with Crippen molar-refractivity contribution in [1.29, 1.82) is 0 Å². The maximum Gasteiger partial charge on any atom is 0.161 e. The smallest absolute Gasteiger partial charge is 0.161 e. The molecule has 1 saturated carbocycles. The Balaban J connectivity index is 1.37. The van der Waals surface area contributed by atoms with Crippen molar-refractivity contribution in [3.63, 3.8) is 0 Å². The molecule has 3 aromatic heterocycles. The summed E-state index contributed by atoms with van der Waals surface area (Å²) in [6, 6.07) is 3.88. The zero-order valence-corrected chi connectivity index (χ0v) is 23.2. The summed E-state index contributed by atoms with van der Waals surface area (Å²) < 4.78 is 15.9. The number of halogens is 1. The van der Waals surface area contributed by atoms with Crippen LogP contribution in [0.1, 0.15) is 43.9 Å². The molecule has 0 bridgehead atoms. The highest BCUT2D eigenvalue weighted by atomic mass is 19.1. The molecule has 1 aliphatic heterocycles. The summed E-state index contributed by atoms with van der Waals surface area (Å²) in [7, 11) is 0. The van der Waals surface area contributed by atoms with Crippen LogP contribution in [-0.4, -0.2) is 28.0 Å². The molecule has 0 amide bonds. The minimum absolute atomic E-state index is 0.285. The number of anilines is 1. The van der Waals surface area contributed by atoms with Crippen molar-refractivity contribution in [2.24, 2.45) is 10.9 Å². The third-order valence-corrected chi connectivity index (χ3v) is 7.65. The first-order valence-corrected chi connectivity index (χ1v) is 13.8. The van der Waals surface area contributed by atoms with E-state index in [4.69, 9.17) is 0 Å².